The first-order valence-electron chi connectivity index (χ1n) is 7.13. The molecule has 2 aliphatic rings. The lowest BCUT2D eigenvalue weighted by molar-refractivity contribution is -0.139. The monoisotopic (exact) mass is 264 g/mol. The standard InChI is InChI=1S/C13H20N4O2/c18-13(19)10-4-3-8-17-11(14-15-12(10)17)5-9-16-6-1-2-7-16/h10H,1-9H2,(H,18,19). The fourth-order valence-electron chi connectivity index (χ4n) is 3.12. The van der Waals surface area contributed by atoms with Gasteiger partial charge in [-0.3, -0.25) is 4.79 Å². The van der Waals surface area contributed by atoms with Crippen molar-refractivity contribution < 1.29 is 9.90 Å². The number of aliphatic carboxylic acids is 1. The third-order valence-corrected chi connectivity index (χ3v) is 4.19. The van der Waals surface area contributed by atoms with Crippen molar-refractivity contribution in [3.63, 3.8) is 0 Å². The van der Waals surface area contributed by atoms with Gasteiger partial charge in [0.25, 0.3) is 0 Å². The highest BCUT2D eigenvalue weighted by Gasteiger charge is 2.30. The highest BCUT2D eigenvalue weighted by molar-refractivity contribution is 5.75. The Balaban J connectivity index is 1.71. The van der Waals surface area contributed by atoms with Crippen molar-refractivity contribution in [2.45, 2.75) is 44.6 Å². The van der Waals surface area contributed by atoms with E-state index >= 15 is 0 Å². The van der Waals surface area contributed by atoms with Gasteiger partial charge in [-0.2, -0.15) is 0 Å². The van der Waals surface area contributed by atoms with Gasteiger partial charge in [0.15, 0.2) is 0 Å². The van der Waals surface area contributed by atoms with E-state index in [0.717, 1.165) is 31.8 Å². The van der Waals surface area contributed by atoms with Crippen LogP contribution in [0.2, 0.25) is 0 Å². The molecule has 1 atom stereocenters. The molecule has 0 saturated carbocycles. The molecule has 0 radical (unpaired) electrons. The molecule has 1 aromatic heterocycles. The summed E-state index contributed by atoms with van der Waals surface area (Å²) < 4.78 is 2.03. The highest BCUT2D eigenvalue weighted by Crippen LogP contribution is 2.26. The number of nitrogens with zero attached hydrogens (tertiary/aromatic N) is 4. The van der Waals surface area contributed by atoms with Gasteiger partial charge in [-0.25, -0.2) is 0 Å². The highest BCUT2D eigenvalue weighted by atomic mass is 16.4. The van der Waals surface area contributed by atoms with Crippen molar-refractivity contribution in [3.05, 3.63) is 11.6 Å². The number of carboxylic acid groups (broad SMARTS) is 1. The smallest absolute Gasteiger partial charge is 0.314 e. The zero-order chi connectivity index (χ0) is 13.2. The van der Waals surface area contributed by atoms with Crippen LogP contribution >= 0.6 is 0 Å². The Kier molecular flexibility index (Phi) is 3.50. The molecule has 19 heavy (non-hydrogen) atoms. The van der Waals surface area contributed by atoms with Gasteiger partial charge in [0, 0.05) is 19.5 Å². The molecule has 0 aromatic carbocycles. The van der Waals surface area contributed by atoms with Gasteiger partial charge >= 0.3 is 5.97 Å². The normalized spacial score (nSPS) is 23.5. The molecule has 1 saturated heterocycles. The lowest BCUT2D eigenvalue weighted by atomic mass is 9.99. The second kappa shape index (κ2) is 5.28. The predicted molar refractivity (Wildman–Crippen MR) is 69.0 cm³/mol. The van der Waals surface area contributed by atoms with E-state index in [1.807, 2.05) is 4.57 Å². The maximum Gasteiger partial charge on any atom is 0.314 e. The molecular formula is C13H20N4O2. The van der Waals surface area contributed by atoms with Gasteiger partial charge in [-0.05, 0) is 38.8 Å². The minimum absolute atomic E-state index is 0.471. The predicted octanol–water partition coefficient (Wildman–Crippen LogP) is 0.878. The summed E-state index contributed by atoms with van der Waals surface area (Å²) in [6, 6.07) is 0. The quantitative estimate of drug-likeness (QED) is 0.874. The molecule has 3 rings (SSSR count). The van der Waals surface area contributed by atoms with E-state index in [-0.39, 0.29) is 0 Å². The van der Waals surface area contributed by atoms with Crippen LogP contribution in [-0.4, -0.2) is 50.4 Å². The Morgan fingerprint density at radius 3 is 2.74 bits per heavy atom. The number of hydrogen-bond donors (Lipinski definition) is 1. The van der Waals surface area contributed by atoms with Crippen LogP contribution in [0.3, 0.4) is 0 Å². The fraction of sp³-hybridized carbons (Fsp3) is 0.769. The second-order valence-electron chi connectivity index (χ2n) is 5.46. The molecule has 1 aromatic rings. The van der Waals surface area contributed by atoms with Gasteiger partial charge in [0.05, 0.1) is 0 Å². The van der Waals surface area contributed by atoms with E-state index in [4.69, 9.17) is 0 Å². The average Bonchev–Trinajstić information content (AvgIpc) is 3.05. The van der Waals surface area contributed by atoms with Crippen molar-refractivity contribution in [2.24, 2.45) is 0 Å². The minimum atomic E-state index is -0.778. The molecule has 2 aliphatic heterocycles. The van der Waals surface area contributed by atoms with E-state index in [9.17, 15) is 9.90 Å². The van der Waals surface area contributed by atoms with E-state index < -0.39 is 11.9 Å². The summed E-state index contributed by atoms with van der Waals surface area (Å²) in [4.78, 5) is 13.6. The molecular weight excluding hydrogens is 244 g/mol. The number of rotatable bonds is 4. The Morgan fingerprint density at radius 2 is 2.00 bits per heavy atom. The maximum atomic E-state index is 11.2. The molecule has 0 amide bonds. The van der Waals surface area contributed by atoms with Crippen molar-refractivity contribution in [1.82, 2.24) is 19.7 Å². The van der Waals surface area contributed by atoms with Crippen LogP contribution in [0.5, 0.6) is 0 Å². The Bertz CT molecular complexity index is 465. The van der Waals surface area contributed by atoms with Gasteiger partial charge < -0.3 is 14.6 Å². The molecule has 1 N–H and O–H groups in total. The first kappa shape index (κ1) is 12.6. The van der Waals surface area contributed by atoms with Gasteiger partial charge in [-0.15, -0.1) is 10.2 Å². The number of hydrogen-bond acceptors (Lipinski definition) is 4. The number of carboxylic acids is 1. The van der Waals surface area contributed by atoms with Crippen LogP contribution in [0.25, 0.3) is 0 Å². The summed E-state index contributed by atoms with van der Waals surface area (Å²) in [7, 11) is 0. The summed E-state index contributed by atoms with van der Waals surface area (Å²) in [6.45, 7) is 4.23. The second-order valence-corrected chi connectivity index (χ2v) is 5.46. The Hall–Kier alpha value is -1.43. The summed E-state index contributed by atoms with van der Waals surface area (Å²) in [5, 5.41) is 17.5. The van der Waals surface area contributed by atoms with E-state index in [1.165, 1.54) is 25.9 Å². The number of carbonyl (C=O) groups is 1. The van der Waals surface area contributed by atoms with Crippen molar-refractivity contribution in [3.8, 4) is 0 Å². The lowest BCUT2D eigenvalue weighted by Crippen LogP contribution is -2.26. The van der Waals surface area contributed by atoms with Crippen LogP contribution in [0.15, 0.2) is 0 Å². The van der Waals surface area contributed by atoms with Crippen molar-refractivity contribution in [2.75, 3.05) is 19.6 Å². The van der Waals surface area contributed by atoms with Crippen LogP contribution in [0.1, 0.15) is 43.3 Å². The molecule has 0 bridgehead atoms. The summed E-state index contributed by atoms with van der Waals surface area (Å²) in [5.41, 5.74) is 0. The molecule has 1 fully saturated rings. The van der Waals surface area contributed by atoms with Crippen LogP contribution in [-0.2, 0) is 17.8 Å². The van der Waals surface area contributed by atoms with Gasteiger partial charge in [0.1, 0.15) is 17.6 Å². The van der Waals surface area contributed by atoms with Crippen LogP contribution in [0.4, 0.5) is 0 Å². The molecule has 3 heterocycles. The van der Waals surface area contributed by atoms with Crippen molar-refractivity contribution >= 4 is 5.97 Å². The summed E-state index contributed by atoms with van der Waals surface area (Å²) in [6.07, 6.45) is 5.04. The largest absolute Gasteiger partial charge is 0.481 e. The Morgan fingerprint density at radius 1 is 1.21 bits per heavy atom. The van der Waals surface area contributed by atoms with Gasteiger partial charge in [0.2, 0.25) is 0 Å². The third-order valence-electron chi connectivity index (χ3n) is 4.19. The lowest BCUT2D eigenvalue weighted by Gasteiger charge is -2.21. The first-order valence-corrected chi connectivity index (χ1v) is 7.13. The summed E-state index contributed by atoms with van der Waals surface area (Å²) >= 11 is 0. The SMILES string of the molecule is O=C(O)C1CCCn2c(CCN3CCCC3)nnc21. The zero-order valence-corrected chi connectivity index (χ0v) is 11.1. The molecule has 0 spiro atoms. The maximum absolute atomic E-state index is 11.2. The fourth-order valence-corrected chi connectivity index (χ4v) is 3.12. The molecule has 6 nitrogen and oxygen atoms in total. The zero-order valence-electron chi connectivity index (χ0n) is 11.1. The van der Waals surface area contributed by atoms with E-state index in [0.29, 0.717) is 12.2 Å². The van der Waals surface area contributed by atoms with E-state index in [1.54, 1.807) is 0 Å². The number of fused-ring (bicyclic) bond motifs is 1. The average molecular weight is 264 g/mol. The molecule has 1 unspecified atom stereocenters. The van der Waals surface area contributed by atoms with Crippen molar-refractivity contribution in [1.29, 1.82) is 0 Å². The topological polar surface area (TPSA) is 71.2 Å². The van der Waals surface area contributed by atoms with Gasteiger partial charge in [-0.1, -0.05) is 0 Å². The number of aromatic nitrogens is 3. The van der Waals surface area contributed by atoms with E-state index in [2.05, 4.69) is 15.1 Å². The van der Waals surface area contributed by atoms with Crippen LogP contribution in [0, 0.1) is 0 Å². The minimum Gasteiger partial charge on any atom is -0.481 e. The molecule has 6 heteroatoms. The molecule has 0 aliphatic carbocycles. The summed E-state index contributed by atoms with van der Waals surface area (Å²) in [5.74, 6) is 0.351. The van der Waals surface area contributed by atoms with Crippen LogP contribution < -0.4 is 0 Å². The molecule has 104 valence electrons. The first-order chi connectivity index (χ1) is 9.25. The number of likely N-dealkylation sites (tertiary alicyclic amines) is 1. The Labute approximate surface area is 112 Å². The third kappa shape index (κ3) is 2.49.